The van der Waals surface area contributed by atoms with Gasteiger partial charge in [0.15, 0.2) is 0 Å². The van der Waals surface area contributed by atoms with Crippen LogP contribution in [0, 0.1) is 11.3 Å². The van der Waals surface area contributed by atoms with E-state index >= 15 is 0 Å². The molecule has 1 N–H and O–H groups in total. The molecule has 3 fully saturated rings. The quantitative estimate of drug-likeness (QED) is 0.780. The zero-order valence-corrected chi connectivity index (χ0v) is 17.2. The van der Waals surface area contributed by atoms with E-state index in [1.54, 1.807) is 7.11 Å². The minimum Gasteiger partial charge on any atom is -0.497 e. The van der Waals surface area contributed by atoms with E-state index in [-0.39, 0.29) is 18.4 Å². The second kappa shape index (κ2) is 6.71. The predicted octanol–water partition coefficient (Wildman–Crippen LogP) is 0.829. The van der Waals surface area contributed by atoms with Gasteiger partial charge in [0.2, 0.25) is 15.9 Å². The lowest BCUT2D eigenvalue weighted by molar-refractivity contribution is -0.138. The number of benzene rings is 1. The Morgan fingerprint density at radius 3 is 2.43 bits per heavy atom. The molecule has 2 saturated heterocycles. The largest absolute Gasteiger partial charge is 0.497 e. The van der Waals surface area contributed by atoms with Crippen molar-refractivity contribution in [1.82, 2.24) is 9.21 Å². The number of likely N-dealkylation sites (tertiary alicyclic amines) is 1. The average Bonchev–Trinajstić information content (AvgIpc) is 3.40. The summed E-state index contributed by atoms with van der Waals surface area (Å²) in [5.41, 5.74) is 0.124. The van der Waals surface area contributed by atoms with Crippen LogP contribution in [0.4, 0.5) is 0 Å². The third-order valence-corrected chi connectivity index (χ3v) is 8.19. The van der Waals surface area contributed by atoms with E-state index < -0.39 is 20.9 Å². The first-order valence-corrected chi connectivity index (χ1v) is 11.6. The molecule has 0 spiro atoms. The highest BCUT2D eigenvalue weighted by molar-refractivity contribution is 7.88. The lowest BCUT2D eigenvalue weighted by atomic mass is 9.73. The van der Waals surface area contributed by atoms with Gasteiger partial charge in [-0.3, -0.25) is 4.79 Å². The Morgan fingerprint density at radius 2 is 1.89 bits per heavy atom. The second-order valence-electron chi connectivity index (χ2n) is 8.58. The molecule has 0 radical (unpaired) electrons. The summed E-state index contributed by atoms with van der Waals surface area (Å²) in [7, 11) is -1.68. The molecule has 1 aromatic rings. The SMILES string of the molecule is COc1ccc(C2(C(=O)N3CC[C@@]4(CO)CN(S(C)(=O)=O)C[C@H]4C3)CC2)cc1. The zero-order chi connectivity index (χ0) is 20.2. The van der Waals surface area contributed by atoms with Gasteiger partial charge in [-0.05, 0) is 42.9 Å². The maximum Gasteiger partial charge on any atom is 0.233 e. The molecule has 0 bridgehead atoms. The molecule has 0 aromatic heterocycles. The van der Waals surface area contributed by atoms with Crippen LogP contribution < -0.4 is 4.74 Å². The first-order chi connectivity index (χ1) is 13.2. The number of methoxy groups -OCH3 is 1. The van der Waals surface area contributed by atoms with Crippen molar-refractivity contribution in [3.8, 4) is 5.75 Å². The van der Waals surface area contributed by atoms with E-state index in [4.69, 9.17) is 4.74 Å². The number of carbonyl (C=O) groups is 1. The van der Waals surface area contributed by atoms with Crippen LogP contribution in [-0.4, -0.2) is 74.8 Å². The van der Waals surface area contributed by atoms with Gasteiger partial charge in [0, 0.05) is 31.6 Å². The summed E-state index contributed by atoms with van der Waals surface area (Å²) < 4.78 is 30.7. The van der Waals surface area contributed by atoms with Crippen molar-refractivity contribution in [2.45, 2.75) is 24.7 Å². The smallest absolute Gasteiger partial charge is 0.233 e. The number of sulfonamides is 1. The monoisotopic (exact) mass is 408 g/mol. The fourth-order valence-electron chi connectivity index (χ4n) is 4.89. The molecule has 1 aliphatic carbocycles. The first kappa shape index (κ1) is 19.7. The third kappa shape index (κ3) is 3.11. The van der Waals surface area contributed by atoms with Gasteiger partial charge in [-0.1, -0.05) is 12.1 Å². The molecule has 1 aromatic carbocycles. The Hall–Kier alpha value is -1.64. The molecule has 8 heteroatoms. The lowest BCUT2D eigenvalue weighted by Gasteiger charge is -2.43. The van der Waals surface area contributed by atoms with Gasteiger partial charge in [-0.25, -0.2) is 12.7 Å². The predicted molar refractivity (Wildman–Crippen MR) is 105 cm³/mol. The van der Waals surface area contributed by atoms with Crippen molar-refractivity contribution in [3.63, 3.8) is 0 Å². The molecule has 4 rings (SSSR count). The Morgan fingerprint density at radius 1 is 1.21 bits per heavy atom. The van der Waals surface area contributed by atoms with Crippen LogP contribution >= 0.6 is 0 Å². The van der Waals surface area contributed by atoms with Gasteiger partial charge >= 0.3 is 0 Å². The molecule has 1 amide bonds. The minimum atomic E-state index is -3.31. The van der Waals surface area contributed by atoms with E-state index in [0.717, 1.165) is 24.2 Å². The summed E-state index contributed by atoms with van der Waals surface area (Å²) in [6, 6.07) is 7.70. The molecule has 0 unspecified atom stereocenters. The molecule has 28 heavy (non-hydrogen) atoms. The summed E-state index contributed by atoms with van der Waals surface area (Å²) in [6.45, 7) is 1.74. The van der Waals surface area contributed by atoms with Crippen LogP contribution in [0.25, 0.3) is 0 Å². The maximum atomic E-state index is 13.4. The molecule has 2 aliphatic heterocycles. The fraction of sp³-hybridized carbons (Fsp3) is 0.650. The Balaban J connectivity index is 1.52. The third-order valence-electron chi connectivity index (χ3n) is 6.97. The van der Waals surface area contributed by atoms with Gasteiger partial charge in [-0.15, -0.1) is 0 Å². The number of fused-ring (bicyclic) bond motifs is 1. The number of hydrogen-bond acceptors (Lipinski definition) is 5. The van der Waals surface area contributed by atoms with Crippen molar-refractivity contribution in [1.29, 1.82) is 0 Å². The second-order valence-corrected chi connectivity index (χ2v) is 10.6. The number of aliphatic hydroxyl groups excluding tert-OH is 1. The molecule has 2 heterocycles. The highest BCUT2D eigenvalue weighted by Gasteiger charge is 2.57. The summed E-state index contributed by atoms with van der Waals surface area (Å²) in [4.78, 5) is 15.3. The van der Waals surface area contributed by atoms with Gasteiger partial charge in [-0.2, -0.15) is 0 Å². The topological polar surface area (TPSA) is 87.2 Å². The van der Waals surface area contributed by atoms with E-state index in [2.05, 4.69) is 0 Å². The molecule has 1 saturated carbocycles. The minimum absolute atomic E-state index is 0.0309. The van der Waals surface area contributed by atoms with Gasteiger partial charge < -0.3 is 14.7 Å². The molecule has 7 nitrogen and oxygen atoms in total. The van der Waals surface area contributed by atoms with E-state index in [1.165, 1.54) is 10.6 Å². The highest BCUT2D eigenvalue weighted by Crippen LogP contribution is 2.51. The van der Waals surface area contributed by atoms with Crippen LogP contribution in [0.5, 0.6) is 5.75 Å². The molecule has 3 aliphatic rings. The number of ether oxygens (including phenoxy) is 1. The number of piperidine rings is 1. The number of rotatable bonds is 5. The van der Waals surface area contributed by atoms with Gasteiger partial charge in [0.05, 0.1) is 25.4 Å². The van der Waals surface area contributed by atoms with E-state index in [0.29, 0.717) is 32.6 Å². The number of aliphatic hydroxyl groups is 1. The van der Waals surface area contributed by atoms with Crippen molar-refractivity contribution in [2.75, 3.05) is 46.2 Å². The summed E-state index contributed by atoms with van der Waals surface area (Å²) >= 11 is 0. The summed E-state index contributed by atoms with van der Waals surface area (Å²) in [6.07, 6.45) is 3.51. The Kier molecular flexibility index (Phi) is 4.71. The number of amides is 1. The first-order valence-electron chi connectivity index (χ1n) is 9.74. The average molecular weight is 409 g/mol. The van der Waals surface area contributed by atoms with E-state index in [1.807, 2.05) is 29.2 Å². The lowest BCUT2D eigenvalue weighted by Crippen LogP contribution is -2.52. The van der Waals surface area contributed by atoms with Crippen LogP contribution in [0.15, 0.2) is 24.3 Å². The molecule has 154 valence electrons. The van der Waals surface area contributed by atoms with Crippen LogP contribution in [0.3, 0.4) is 0 Å². The Bertz CT molecular complexity index is 865. The zero-order valence-electron chi connectivity index (χ0n) is 16.4. The maximum absolute atomic E-state index is 13.4. The summed E-state index contributed by atoms with van der Waals surface area (Å²) in [5.74, 6) is 0.864. The number of hydrogen-bond donors (Lipinski definition) is 1. The summed E-state index contributed by atoms with van der Waals surface area (Å²) in [5, 5.41) is 10.0. The van der Waals surface area contributed by atoms with E-state index in [9.17, 15) is 18.3 Å². The van der Waals surface area contributed by atoms with Crippen molar-refractivity contribution in [2.24, 2.45) is 11.3 Å². The van der Waals surface area contributed by atoms with Gasteiger partial charge in [0.1, 0.15) is 5.75 Å². The van der Waals surface area contributed by atoms with Crippen LogP contribution in [0.1, 0.15) is 24.8 Å². The number of nitrogens with zero attached hydrogens (tertiary/aromatic N) is 2. The normalized spacial score (nSPS) is 29.4. The molecular weight excluding hydrogens is 380 g/mol. The fourth-order valence-corrected chi connectivity index (χ4v) is 5.84. The van der Waals surface area contributed by atoms with Crippen molar-refractivity contribution >= 4 is 15.9 Å². The van der Waals surface area contributed by atoms with Crippen molar-refractivity contribution in [3.05, 3.63) is 29.8 Å². The van der Waals surface area contributed by atoms with Crippen molar-refractivity contribution < 1.29 is 23.1 Å². The Labute approximate surface area is 166 Å². The molecule has 2 atom stereocenters. The standard InChI is InChI=1S/C20H28N2O5S/c1-27-17-5-3-15(4-6-17)20(7-8-20)18(24)21-10-9-19(14-23)13-22(28(2,25)26)12-16(19)11-21/h3-6,16,23H,7-14H2,1-2H3/t16-,19+/m1/s1. The number of carbonyl (C=O) groups excluding carboxylic acids is 1. The molecular formula is C20H28N2O5S. The highest BCUT2D eigenvalue weighted by atomic mass is 32.2. The van der Waals surface area contributed by atoms with Crippen LogP contribution in [0.2, 0.25) is 0 Å². The van der Waals surface area contributed by atoms with Crippen LogP contribution in [-0.2, 0) is 20.2 Å². The van der Waals surface area contributed by atoms with Gasteiger partial charge in [0.25, 0.3) is 0 Å².